The van der Waals surface area contributed by atoms with Crippen LogP contribution in [0.4, 0.5) is 0 Å². The zero-order valence-corrected chi connectivity index (χ0v) is 10.8. The third-order valence-electron chi connectivity index (χ3n) is 2.41. The third kappa shape index (κ3) is 4.10. The van der Waals surface area contributed by atoms with Gasteiger partial charge in [0.1, 0.15) is 5.75 Å². The van der Waals surface area contributed by atoms with E-state index in [0.717, 1.165) is 0 Å². The highest BCUT2D eigenvalue weighted by molar-refractivity contribution is 5.75. The van der Waals surface area contributed by atoms with Crippen LogP contribution in [0.5, 0.6) is 5.75 Å². The van der Waals surface area contributed by atoms with Gasteiger partial charge in [-0.3, -0.25) is 0 Å². The van der Waals surface area contributed by atoms with Gasteiger partial charge in [0.15, 0.2) is 6.10 Å². The predicted molar refractivity (Wildman–Crippen MR) is 67.0 cm³/mol. The van der Waals surface area contributed by atoms with E-state index in [-0.39, 0.29) is 5.97 Å². The summed E-state index contributed by atoms with van der Waals surface area (Å²) >= 11 is 0. The number of carbonyl (C=O) groups excluding carboxylic acids is 1. The van der Waals surface area contributed by atoms with Crippen LogP contribution in [0.3, 0.4) is 0 Å². The van der Waals surface area contributed by atoms with E-state index in [9.17, 15) is 4.79 Å². The van der Waals surface area contributed by atoms with E-state index in [2.05, 4.69) is 0 Å². The third-order valence-corrected chi connectivity index (χ3v) is 2.41. The Labute approximate surface area is 107 Å². The van der Waals surface area contributed by atoms with Crippen LogP contribution in [0.2, 0.25) is 0 Å². The number of esters is 1. The number of rotatable bonds is 5. The minimum absolute atomic E-state index is 0.326. The highest BCUT2D eigenvalue weighted by Gasteiger charge is 2.22. The van der Waals surface area contributed by atoms with Gasteiger partial charge in [-0.2, -0.15) is 5.26 Å². The topological polar surface area (TPSA) is 59.3 Å². The molecule has 0 aromatic heterocycles. The van der Waals surface area contributed by atoms with Crippen molar-refractivity contribution in [2.45, 2.75) is 26.4 Å². The molecule has 96 valence electrons. The minimum Gasteiger partial charge on any atom is -0.479 e. The van der Waals surface area contributed by atoms with E-state index in [1.165, 1.54) is 7.11 Å². The molecule has 18 heavy (non-hydrogen) atoms. The molecule has 0 bridgehead atoms. The van der Waals surface area contributed by atoms with E-state index in [0.29, 0.717) is 23.7 Å². The number of hydrogen-bond acceptors (Lipinski definition) is 4. The summed E-state index contributed by atoms with van der Waals surface area (Å²) in [5, 5.41) is 8.69. The van der Waals surface area contributed by atoms with Crippen molar-refractivity contribution in [1.29, 1.82) is 5.26 Å². The monoisotopic (exact) mass is 247 g/mol. The van der Waals surface area contributed by atoms with Gasteiger partial charge in [-0.25, -0.2) is 4.79 Å². The van der Waals surface area contributed by atoms with Gasteiger partial charge in [-0.15, -0.1) is 0 Å². The molecule has 0 aliphatic rings. The molecule has 1 atom stereocenters. The molecule has 0 fully saturated rings. The molecule has 0 spiro atoms. The maximum absolute atomic E-state index is 11.6. The van der Waals surface area contributed by atoms with E-state index in [1.807, 2.05) is 19.9 Å². The molecule has 0 N–H and O–H groups in total. The van der Waals surface area contributed by atoms with Gasteiger partial charge in [0.05, 0.1) is 18.7 Å². The van der Waals surface area contributed by atoms with Crippen LogP contribution in [0.15, 0.2) is 24.3 Å². The summed E-state index contributed by atoms with van der Waals surface area (Å²) in [5.74, 6) is 0.505. The van der Waals surface area contributed by atoms with Gasteiger partial charge in [0.2, 0.25) is 0 Å². The Balaban J connectivity index is 2.75. The maximum Gasteiger partial charge on any atom is 0.347 e. The Kier molecular flexibility index (Phi) is 5.19. The number of nitriles is 1. The van der Waals surface area contributed by atoms with Crippen molar-refractivity contribution in [3.63, 3.8) is 0 Å². The first kappa shape index (κ1) is 14.0. The number of ether oxygens (including phenoxy) is 2. The second-order valence-electron chi connectivity index (χ2n) is 4.40. The summed E-state index contributed by atoms with van der Waals surface area (Å²) in [6.45, 7) is 4.02. The summed E-state index contributed by atoms with van der Waals surface area (Å²) in [6, 6.07) is 8.68. The summed E-state index contributed by atoms with van der Waals surface area (Å²) in [4.78, 5) is 11.6. The number of methoxy groups -OCH3 is 1. The van der Waals surface area contributed by atoms with Gasteiger partial charge >= 0.3 is 5.97 Å². The van der Waals surface area contributed by atoms with Crippen molar-refractivity contribution in [1.82, 2.24) is 0 Å². The molecule has 4 heteroatoms. The summed E-state index contributed by atoms with van der Waals surface area (Å²) in [5.41, 5.74) is 0.556. The van der Waals surface area contributed by atoms with Gasteiger partial charge in [0.25, 0.3) is 0 Å². The molecule has 1 aromatic carbocycles. The number of carbonyl (C=O) groups is 1. The lowest BCUT2D eigenvalue weighted by atomic mass is 10.1. The molecule has 0 radical (unpaired) electrons. The van der Waals surface area contributed by atoms with Crippen molar-refractivity contribution in [3.8, 4) is 11.8 Å². The quantitative estimate of drug-likeness (QED) is 0.750. The fourth-order valence-corrected chi connectivity index (χ4v) is 1.52. The van der Waals surface area contributed by atoms with E-state index in [1.54, 1.807) is 24.3 Å². The molecule has 0 saturated carbocycles. The van der Waals surface area contributed by atoms with Gasteiger partial charge < -0.3 is 9.47 Å². The van der Waals surface area contributed by atoms with Gasteiger partial charge in [-0.05, 0) is 36.6 Å². The smallest absolute Gasteiger partial charge is 0.347 e. The highest BCUT2D eigenvalue weighted by Crippen LogP contribution is 2.17. The average molecular weight is 247 g/mol. The summed E-state index contributed by atoms with van der Waals surface area (Å²) < 4.78 is 10.3. The van der Waals surface area contributed by atoms with Crippen LogP contribution < -0.4 is 4.74 Å². The number of hydrogen-bond donors (Lipinski definition) is 0. The predicted octanol–water partition coefficient (Wildman–Crippen LogP) is 2.52. The molecule has 0 heterocycles. The van der Waals surface area contributed by atoms with Crippen LogP contribution >= 0.6 is 0 Å². The van der Waals surface area contributed by atoms with E-state index < -0.39 is 6.10 Å². The lowest BCUT2D eigenvalue weighted by Gasteiger charge is -2.18. The first-order chi connectivity index (χ1) is 8.56. The number of benzene rings is 1. The highest BCUT2D eigenvalue weighted by atomic mass is 16.6. The molecule has 4 nitrogen and oxygen atoms in total. The van der Waals surface area contributed by atoms with Crippen LogP contribution in [-0.4, -0.2) is 19.2 Å². The summed E-state index contributed by atoms with van der Waals surface area (Å²) in [6.07, 6.45) is -0.0184. The molecule has 0 aliphatic heterocycles. The van der Waals surface area contributed by atoms with Crippen LogP contribution in [0, 0.1) is 17.2 Å². The zero-order chi connectivity index (χ0) is 13.5. The first-order valence-electron chi connectivity index (χ1n) is 5.81. The second kappa shape index (κ2) is 6.65. The molecule has 0 unspecified atom stereocenters. The van der Waals surface area contributed by atoms with Crippen LogP contribution in [-0.2, 0) is 9.53 Å². The molecule has 0 aliphatic carbocycles. The summed E-state index contributed by atoms with van der Waals surface area (Å²) in [7, 11) is 1.35. The Morgan fingerprint density at radius 1 is 1.33 bits per heavy atom. The molecule has 1 aromatic rings. The number of nitrogens with zero attached hydrogens (tertiary/aromatic N) is 1. The normalized spacial score (nSPS) is 11.7. The van der Waals surface area contributed by atoms with Crippen molar-refractivity contribution >= 4 is 5.97 Å². The fraction of sp³-hybridized carbons (Fsp3) is 0.429. The van der Waals surface area contributed by atoms with Crippen LogP contribution in [0.25, 0.3) is 0 Å². The largest absolute Gasteiger partial charge is 0.479 e. The average Bonchev–Trinajstić information content (AvgIpc) is 2.37. The first-order valence-corrected chi connectivity index (χ1v) is 5.81. The molecular formula is C14H17NO3. The lowest BCUT2D eigenvalue weighted by Crippen LogP contribution is -2.30. The second-order valence-corrected chi connectivity index (χ2v) is 4.40. The minimum atomic E-state index is -0.608. The van der Waals surface area contributed by atoms with Crippen molar-refractivity contribution in [3.05, 3.63) is 29.8 Å². The Morgan fingerprint density at radius 2 is 1.94 bits per heavy atom. The van der Waals surface area contributed by atoms with Crippen molar-refractivity contribution < 1.29 is 14.3 Å². The van der Waals surface area contributed by atoms with Crippen LogP contribution in [0.1, 0.15) is 25.8 Å². The zero-order valence-electron chi connectivity index (χ0n) is 10.8. The fourth-order valence-electron chi connectivity index (χ4n) is 1.52. The van der Waals surface area contributed by atoms with E-state index in [4.69, 9.17) is 14.7 Å². The molecule has 1 rings (SSSR count). The SMILES string of the molecule is COC(=O)[C@H](CC(C)C)Oc1ccc(C#N)cc1. The Morgan fingerprint density at radius 3 is 2.39 bits per heavy atom. The van der Waals surface area contributed by atoms with Crippen molar-refractivity contribution in [2.75, 3.05) is 7.11 Å². The van der Waals surface area contributed by atoms with Crippen molar-refractivity contribution in [2.24, 2.45) is 5.92 Å². The van der Waals surface area contributed by atoms with Gasteiger partial charge in [0, 0.05) is 0 Å². The lowest BCUT2D eigenvalue weighted by molar-refractivity contribution is -0.149. The molecule has 0 amide bonds. The standard InChI is InChI=1S/C14H17NO3/c1-10(2)8-13(14(16)17-3)18-12-6-4-11(9-15)5-7-12/h4-7,10,13H,8H2,1-3H3/t13-/m0/s1. The van der Waals surface area contributed by atoms with E-state index >= 15 is 0 Å². The Bertz CT molecular complexity index is 431. The molecule has 0 saturated heterocycles. The Hall–Kier alpha value is -2.02. The van der Waals surface area contributed by atoms with Gasteiger partial charge in [-0.1, -0.05) is 13.8 Å². The maximum atomic E-state index is 11.6. The molecular weight excluding hydrogens is 230 g/mol.